The van der Waals surface area contributed by atoms with Crippen molar-refractivity contribution in [3.63, 3.8) is 0 Å². The maximum absolute atomic E-state index is 13.6. The van der Waals surface area contributed by atoms with Crippen molar-refractivity contribution >= 4 is 47.7 Å². The quantitative estimate of drug-likeness (QED) is 0.244. The minimum Gasteiger partial charge on any atom is -0.353 e. The van der Waals surface area contributed by atoms with Crippen molar-refractivity contribution in [2.24, 2.45) is 0 Å². The Balaban J connectivity index is 2.00. The molecule has 2 heterocycles. The van der Waals surface area contributed by atoms with Crippen LogP contribution in [0.2, 0.25) is 5.82 Å². The summed E-state index contributed by atoms with van der Waals surface area (Å²) in [7, 11) is 3.61. The molecule has 126 valence electrons. The lowest BCUT2D eigenvalue weighted by molar-refractivity contribution is -0.130. The minimum atomic E-state index is -0.573. The topological polar surface area (TPSA) is 32.3 Å². The van der Waals surface area contributed by atoms with Gasteiger partial charge in [-0.1, -0.05) is 18.6 Å². The third kappa shape index (κ3) is 2.98. The third-order valence-electron chi connectivity index (χ3n) is 4.44. The number of rotatable bonds is 2. The number of nitrogens with zero attached hydrogens (tertiary/aromatic N) is 1. The molecule has 0 radical (unpaired) electrons. The van der Waals surface area contributed by atoms with Gasteiger partial charge in [-0.05, 0) is 57.3 Å². The summed E-state index contributed by atoms with van der Waals surface area (Å²) in [4.78, 5) is 15.0. The average molecular weight is 464 g/mol. The molecule has 2 aromatic rings. The monoisotopic (exact) mass is 464 g/mol. The first-order valence-corrected chi connectivity index (χ1v) is 9.53. The van der Waals surface area contributed by atoms with Crippen LogP contribution >= 0.6 is 33.9 Å². The first kappa shape index (κ1) is 18.0. The molecule has 1 aromatic heterocycles. The Hall–Kier alpha value is -1.79. The molecule has 2 unspecified atom stereocenters. The molecule has 7 heteroatoms. The summed E-state index contributed by atoms with van der Waals surface area (Å²) in [6.45, 7) is 3.93. The van der Waals surface area contributed by atoms with Crippen LogP contribution in [0.1, 0.15) is 10.4 Å². The number of carbonyl (C=O) groups excluding carboxylic acids is 1. The molecule has 25 heavy (non-hydrogen) atoms. The second kappa shape index (κ2) is 6.50. The molecule has 1 saturated heterocycles. The summed E-state index contributed by atoms with van der Waals surface area (Å²) < 4.78 is 13.0. The summed E-state index contributed by atoms with van der Waals surface area (Å²) >= 11 is 3.82. The van der Waals surface area contributed by atoms with Gasteiger partial charge in [-0.2, -0.15) is 0 Å². The molecule has 1 aliphatic rings. The van der Waals surface area contributed by atoms with Crippen molar-refractivity contribution in [1.82, 2.24) is 10.2 Å². The maximum Gasteiger partial charge on any atom is 0.226 e. The molecule has 3 rings (SSSR count). The Bertz CT molecular complexity index is 922. The van der Waals surface area contributed by atoms with Crippen LogP contribution in [0.15, 0.2) is 42.0 Å². The van der Waals surface area contributed by atoms with Crippen molar-refractivity contribution in [2.75, 3.05) is 7.05 Å². The van der Waals surface area contributed by atoms with Crippen LogP contribution < -0.4 is 5.32 Å². The van der Waals surface area contributed by atoms with E-state index in [-0.39, 0.29) is 17.3 Å². The predicted molar refractivity (Wildman–Crippen MR) is 111 cm³/mol. The SMILES string of the molecule is BC1C(=O)N(C)C(=C)NC1(I)c1cc(-c2ccc(F)c(C#C)c2)cs1. The molecule has 0 aliphatic carbocycles. The highest BCUT2D eigenvalue weighted by molar-refractivity contribution is 14.1. The lowest BCUT2D eigenvalue weighted by Gasteiger charge is -2.43. The van der Waals surface area contributed by atoms with E-state index >= 15 is 0 Å². The number of terminal acetylenes is 1. The Morgan fingerprint density at radius 3 is 2.88 bits per heavy atom. The predicted octanol–water partition coefficient (Wildman–Crippen LogP) is 3.08. The summed E-state index contributed by atoms with van der Waals surface area (Å²) in [5, 5.41) is 5.34. The van der Waals surface area contributed by atoms with Gasteiger partial charge in [0, 0.05) is 17.7 Å². The van der Waals surface area contributed by atoms with Gasteiger partial charge >= 0.3 is 0 Å². The molecule has 1 aromatic carbocycles. The molecule has 1 N–H and O–H groups in total. The zero-order valence-corrected chi connectivity index (χ0v) is 16.7. The summed E-state index contributed by atoms with van der Waals surface area (Å²) in [5.74, 6) is 2.29. The largest absolute Gasteiger partial charge is 0.353 e. The Morgan fingerprint density at radius 2 is 2.20 bits per heavy atom. The van der Waals surface area contributed by atoms with Crippen LogP contribution in [-0.2, 0) is 8.34 Å². The van der Waals surface area contributed by atoms with Crippen molar-refractivity contribution < 1.29 is 9.18 Å². The van der Waals surface area contributed by atoms with E-state index in [1.807, 2.05) is 19.3 Å². The van der Waals surface area contributed by atoms with E-state index in [0.717, 1.165) is 16.0 Å². The van der Waals surface area contributed by atoms with Gasteiger partial charge < -0.3 is 10.2 Å². The molecule has 1 fully saturated rings. The smallest absolute Gasteiger partial charge is 0.226 e. The van der Waals surface area contributed by atoms with E-state index in [9.17, 15) is 9.18 Å². The second-order valence-electron chi connectivity index (χ2n) is 5.94. The minimum absolute atomic E-state index is 0.0181. The summed E-state index contributed by atoms with van der Waals surface area (Å²) in [6.07, 6.45) is 5.35. The molecule has 1 amide bonds. The standard InChI is InChI=1S/C18H15BFIN2OS/c1-4-11-7-12(5-6-14(11)20)13-8-15(25-9-13)18(21)16(19)17(24)23(3)10(2)22-18/h1,5-9,16,22H,2,19H2,3H3. The normalized spacial score (nSPS) is 23.3. The van der Waals surface area contributed by atoms with Crippen molar-refractivity contribution in [3.8, 4) is 23.5 Å². The molecule has 1 aliphatic heterocycles. The highest BCUT2D eigenvalue weighted by atomic mass is 127. The summed E-state index contributed by atoms with van der Waals surface area (Å²) in [5.41, 5.74) is 2.03. The van der Waals surface area contributed by atoms with E-state index in [4.69, 9.17) is 6.42 Å². The van der Waals surface area contributed by atoms with Crippen LogP contribution in [0, 0.1) is 18.2 Å². The number of hydrogen-bond donors (Lipinski definition) is 1. The van der Waals surface area contributed by atoms with E-state index in [2.05, 4.69) is 40.4 Å². The first-order valence-electron chi connectivity index (χ1n) is 7.57. The van der Waals surface area contributed by atoms with E-state index in [1.54, 1.807) is 30.5 Å². The molecular formula is C18H15BFIN2OS. The molecule has 0 saturated carbocycles. The van der Waals surface area contributed by atoms with Crippen LogP contribution in [0.4, 0.5) is 4.39 Å². The van der Waals surface area contributed by atoms with Gasteiger partial charge in [0.05, 0.1) is 5.56 Å². The van der Waals surface area contributed by atoms with Crippen LogP contribution in [0.25, 0.3) is 11.1 Å². The Labute approximate surface area is 164 Å². The Morgan fingerprint density at radius 1 is 1.48 bits per heavy atom. The molecule has 2 atom stereocenters. The number of hydrogen-bond acceptors (Lipinski definition) is 3. The zero-order chi connectivity index (χ0) is 18.4. The number of benzene rings is 1. The second-order valence-corrected chi connectivity index (χ2v) is 8.55. The number of nitrogens with one attached hydrogen (secondary N) is 1. The third-order valence-corrected chi connectivity index (χ3v) is 7.66. The number of amides is 1. The molecule has 3 nitrogen and oxygen atoms in total. The average Bonchev–Trinajstić information content (AvgIpc) is 3.09. The molecular weight excluding hydrogens is 449 g/mol. The highest BCUT2D eigenvalue weighted by Crippen LogP contribution is 2.47. The fraction of sp³-hybridized carbons (Fsp3) is 0.167. The summed E-state index contributed by atoms with van der Waals surface area (Å²) in [6, 6.07) is 6.76. The number of thiophene rings is 1. The van der Waals surface area contributed by atoms with E-state index in [0.29, 0.717) is 5.82 Å². The lowest BCUT2D eigenvalue weighted by atomic mass is 9.77. The van der Waals surface area contributed by atoms with E-state index in [1.165, 1.54) is 11.0 Å². The van der Waals surface area contributed by atoms with Gasteiger partial charge in [0.15, 0.2) is 0 Å². The number of carbonyl (C=O) groups is 1. The van der Waals surface area contributed by atoms with Crippen LogP contribution in [0.3, 0.4) is 0 Å². The fourth-order valence-electron chi connectivity index (χ4n) is 2.76. The van der Waals surface area contributed by atoms with Crippen molar-refractivity contribution in [1.29, 1.82) is 0 Å². The van der Waals surface area contributed by atoms with Gasteiger partial charge in [-0.3, -0.25) is 4.79 Å². The van der Waals surface area contributed by atoms with Gasteiger partial charge in [-0.25, -0.2) is 4.39 Å². The zero-order valence-electron chi connectivity index (χ0n) is 13.8. The van der Waals surface area contributed by atoms with Crippen molar-refractivity contribution in [3.05, 3.63) is 58.3 Å². The number of halogens is 2. The lowest BCUT2D eigenvalue weighted by Crippen LogP contribution is -2.54. The van der Waals surface area contributed by atoms with Gasteiger partial charge in [-0.15, -0.1) is 17.8 Å². The maximum atomic E-state index is 13.6. The fourth-order valence-corrected chi connectivity index (χ4v) is 4.93. The van der Waals surface area contributed by atoms with Gasteiger partial charge in [0.25, 0.3) is 0 Å². The molecule has 0 spiro atoms. The van der Waals surface area contributed by atoms with Gasteiger partial charge in [0.1, 0.15) is 23.0 Å². The number of alkyl halides is 1. The van der Waals surface area contributed by atoms with Crippen molar-refractivity contribution in [2.45, 2.75) is 9.36 Å². The molecule has 0 bridgehead atoms. The van der Waals surface area contributed by atoms with Gasteiger partial charge in [0.2, 0.25) is 5.91 Å². The van der Waals surface area contributed by atoms with Crippen LogP contribution in [-0.4, -0.2) is 25.7 Å². The van der Waals surface area contributed by atoms with E-state index < -0.39 is 9.36 Å². The Kier molecular flexibility index (Phi) is 4.69. The van der Waals surface area contributed by atoms with Crippen LogP contribution in [0.5, 0.6) is 0 Å². The highest BCUT2D eigenvalue weighted by Gasteiger charge is 2.46. The first-order chi connectivity index (χ1) is 11.8.